The number of likely N-dealkylation sites (tertiary alicyclic amines) is 1. The van der Waals surface area contributed by atoms with Crippen LogP contribution in [-0.4, -0.2) is 68.8 Å². The van der Waals surface area contributed by atoms with Crippen molar-refractivity contribution in [3.63, 3.8) is 0 Å². The van der Waals surface area contributed by atoms with E-state index in [2.05, 4.69) is 31.6 Å². The summed E-state index contributed by atoms with van der Waals surface area (Å²) in [6.07, 6.45) is 9.30. The first-order valence-electron chi connectivity index (χ1n) is 17.0. The molecule has 2 aliphatic heterocycles. The van der Waals surface area contributed by atoms with Gasteiger partial charge in [-0.15, -0.1) is 0 Å². The smallest absolute Gasteiger partial charge is 0.335 e. The second-order valence-corrected chi connectivity index (χ2v) is 15.7. The van der Waals surface area contributed by atoms with Crippen molar-refractivity contribution < 1.29 is 23.9 Å². The fourth-order valence-corrected chi connectivity index (χ4v) is 9.45. The minimum atomic E-state index is -4.47. The van der Waals surface area contributed by atoms with E-state index in [1.165, 1.54) is 57.6 Å². The molecule has 48 heavy (non-hydrogen) atoms. The molecule has 3 aliphatic rings. The van der Waals surface area contributed by atoms with Crippen LogP contribution in [0.5, 0.6) is 5.75 Å². The number of ether oxygens (including phenoxy) is 1. The Kier molecular flexibility index (Phi) is 10.1. The van der Waals surface area contributed by atoms with Crippen LogP contribution in [0.1, 0.15) is 98.2 Å². The molecule has 0 radical (unpaired) electrons. The maximum absolute atomic E-state index is 13.5. The molecule has 3 aromatic rings. The van der Waals surface area contributed by atoms with Crippen LogP contribution < -0.4 is 15.4 Å². The van der Waals surface area contributed by atoms with Gasteiger partial charge in [0.1, 0.15) is 10.8 Å². The Balaban J connectivity index is 1.24. The van der Waals surface area contributed by atoms with Crippen molar-refractivity contribution in [3.05, 3.63) is 63.8 Å². The zero-order valence-corrected chi connectivity index (χ0v) is 29.8. The standard InChI is InChI=1S/C35H46ClN6O5P/c1-5-35(6-2,48(44,45)46)23-11-15-28(30(19-23)47-4)39-34-37-20-27(36)32(40-34)38-29-16-14-25(26-21-41(3)33(43)31(26)29)22-9-12-24(13-10-22)42-17-7-8-18-42/h11,14-16,19-20,22,24H,5-10,12-13,17-18,21H2,1-4H3,(H2,44,45,46)(H2,37,38,39,40). The van der Waals surface area contributed by atoms with Crippen LogP contribution in [0.25, 0.3) is 0 Å². The van der Waals surface area contributed by atoms with Crippen molar-refractivity contribution in [3.8, 4) is 5.75 Å². The van der Waals surface area contributed by atoms with Gasteiger partial charge in [0, 0.05) is 19.6 Å². The van der Waals surface area contributed by atoms with Gasteiger partial charge in [0.25, 0.3) is 5.91 Å². The Labute approximate surface area is 287 Å². The second kappa shape index (κ2) is 14.0. The summed E-state index contributed by atoms with van der Waals surface area (Å²) in [4.78, 5) is 47.4. The molecule has 13 heteroatoms. The number of hydrogen-bond acceptors (Lipinski definition) is 8. The monoisotopic (exact) mass is 696 g/mol. The van der Waals surface area contributed by atoms with Gasteiger partial charge in [0.2, 0.25) is 5.95 Å². The largest absolute Gasteiger partial charge is 0.495 e. The topological polar surface area (TPSA) is 140 Å². The number of carbonyl (C=O) groups is 1. The Hall–Kier alpha value is -3.21. The average Bonchev–Trinajstić information content (AvgIpc) is 3.72. The minimum Gasteiger partial charge on any atom is -0.495 e. The van der Waals surface area contributed by atoms with Crippen LogP contribution in [0.4, 0.5) is 23.1 Å². The predicted octanol–water partition coefficient (Wildman–Crippen LogP) is 7.53. The van der Waals surface area contributed by atoms with Gasteiger partial charge in [-0.25, -0.2) is 4.98 Å². The van der Waals surface area contributed by atoms with Gasteiger partial charge >= 0.3 is 7.60 Å². The maximum atomic E-state index is 13.5. The molecule has 4 N–H and O–H groups in total. The predicted molar refractivity (Wildman–Crippen MR) is 189 cm³/mol. The van der Waals surface area contributed by atoms with Gasteiger partial charge < -0.3 is 35.0 Å². The molecule has 0 atom stereocenters. The number of benzene rings is 2. The lowest BCUT2D eigenvalue weighted by atomic mass is 9.79. The number of hydrogen-bond donors (Lipinski definition) is 4. The summed E-state index contributed by atoms with van der Waals surface area (Å²) in [7, 11) is -1.14. The first kappa shape index (κ1) is 34.6. The molecule has 1 amide bonds. The summed E-state index contributed by atoms with van der Waals surface area (Å²) < 4.78 is 18.2. The summed E-state index contributed by atoms with van der Waals surface area (Å²) >= 11 is 6.58. The van der Waals surface area contributed by atoms with E-state index >= 15 is 0 Å². The Morgan fingerprint density at radius 2 is 1.73 bits per heavy atom. The third kappa shape index (κ3) is 6.43. The SMILES string of the molecule is CCC(CC)(c1ccc(Nc2ncc(Cl)c(Nc3ccc(C4CCC(N5CCCC5)CC4)c4c3C(=O)N(C)C4)n2)c(OC)c1)P(=O)(O)O. The van der Waals surface area contributed by atoms with E-state index in [1.54, 1.807) is 36.9 Å². The molecule has 1 aliphatic carbocycles. The molecule has 1 saturated carbocycles. The van der Waals surface area contributed by atoms with Crippen molar-refractivity contribution in [1.29, 1.82) is 0 Å². The van der Waals surface area contributed by atoms with Crippen molar-refractivity contribution in [2.24, 2.45) is 0 Å². The summed E-state index contributed by atoms with van der Waals surface area (Å²) in [5, 5.41) is 5.44. The Bertz CT molecular complexity index is 1720. The second-order valence-electron chi connectivity index (χ2n) is 13.3. The molecule has 0 spiro atoms. The number of methoxy groups -OCH3 is 1. The summed E-state index contributed by atoms with van der Waals surface area (Å²) in [5.74, 6) is 1.36. The zero-order valence-electron chi connectivity index (χ0n) is 28.1. The number of aromatic nitrogens is 2. The van der Waals surface area contributed by atoms with E-state index in [4.69, 9.17) is 16.3 Å². The molecule has 2 aromatic carbocycles. The van der Waals surface area contributed by atoms with E-state index in [0.717, 1.165) is 18.4 Å². The normalized spacial score (nSPS) is 20.2. The van der Waals surface area contributed by atoms with Crippen LogP contribution in [0.15, 0.2) is 36.5 Å². The average molecular weight is 697 g/mol. The van der Waals surface area contributed by atoms with Gasteiger partial charge in [-0.1, -0.05) is 37.6 Å². The van der Waals surface area contributed by atoms with E-state index in [-0.39, 0.29) is 29.7 Å². The molecule has 0 unspecified atom stereocenters. The van der Waals surface area contributed by atoms with Crippen LogP contribution >= 0.6 is 19.2 Å². The Morgan fingerprint density at radius 1 is 1.04 bits per heavy atom. The number of rotatable bonds is 11. The van der Waals surface area contributed by atoms with E-state index in [0.29, 0.717) is 52.6 Å². The highest BCUT2D eigenvalue weighted by atomic mass is 35.5. The molecule has 2 fully saturated rings. The number of carbonyl (C=O) groups excluding carboxylic acids is 1. The van der Waals surface area contributed by atoms with Gasteiger partial charge in [-0.3, -0.25) is 9.36 Å². The minimum absolute atomic E-state index is 0.0287. The van der Waals surface area contributed by atoms with E-state index < -0.39 is 12.8 Å². The maximum Gasteiger partial charge on any atom is 0.335 e. The lowest BCUT2D eigenvalue weighted by Gasteiger charge is -2.35. The summed E-state index contributed by atoms with van der Waals surface area (Å²) in [6, 6.07) is 9.86. The fraction of sp³-hybridized carbons (Fsp3) is 0.514. The van der Waals surface area contributed by atoms with Gasteiger partial charge in [-0.05, 0) is 105 Å². The number of nitrogens with zero attached hydrogens (tertiary/aromatic N) is 4. The molecule has 6 rings (SSSR count). The van der Waals surface area contributed by atoms with E-state index in [1.807, 2.05) is 13.1 Å². The molecule has 0 bridgehead atoms. The van der Waals surface area contributed by atoms with Crippen LogP contribution in [-0.2, 0) is 16.3 Å². The van der Waals surface area contributed by atoms with Gasteiger partial charge in [-0.2, -0.15) is 4.98 Å². The first-order chi connectivity index (χ1) is 23.0. The quantitative estimate of drug-likeness (QED) is 0.149. The number of amides is 1. The third-order valence-corrected chi connectivity index (χ3v) is 13.1. The number of halogens is 1. The lowest BCUT2D eigenvalue weighted by Crippen LogP contribution is -2.35. The highest BCUT2D eigenvalue weighted by molar-refractivity contribution is 7.53. The number of anilines is 4. The molecule has 1 aromatic heterocycles. The van der Waals surface area contributed by atoms with Crippen molar-refractivity contribution in [2.75, 3.05) is 37.9 Å². The van der Waals surface area contributed by atoms with E-state index in [9.17, 15) is 19.1 Å². The van der Waals surface area contributed by atoms with Crippen LogP contribution in [0.2, 0.25) is 5.02 Å². The lowest BCUT2D eigenvalue weighted by molar-refractivity contribution is 0.0817. The molecule has 11 nitrogen and oxygen atoms in total. The summed E-state index contributed by atoms with van der Waals surface area (Å²) in [6.45, 7) is 6.57. The highest BCUT2D eigenvalue weighted by Crippen LogP contribution is 2.61. The first-order valence-corrected chi connectivity index (χ1v) is 18.9. The molecular weight excluding hydrogens is 651 g/mol. The molecule has 3 heterocycles. The van der Waals surface area contributed by atoms with Gasteiger partial charge in [0.15, 0.2) is 5.82 Å². The highest BCUT2D eigenvalue weighted by Gasteiger charge is 2.45. The zero-order chi connectivity index (χ0) is 34.2. The Morgan fingerprint density at radius 3 is 2.38 bits per heavy atom. The third-order valence-electron chi connectivity index (χ3n) is 10.8. The van der Waals surface area contributed by atoms with Crippen molar-refractivity contribution >= 4 is 48.2 Å². The summed E-state index contributed by atoms with van der Waals surface area (Å²) in [5.41, 5.74) is 4.68. The van der Waals surface area contributed by atoms with Crippen LogP contribution in [0, 0.1) is 0 Å². The fourth-order valence-electron chi connectivity index (χ4n) is 8.01. The van der Waals surface area contributed by atoms with Crippen LogP contribution in [0.3, 0.4) is 0 Å². The van der Waals surface area contributed by atoms with Gasteiger partial charge in [0.05, 0.1) is 35.4 Å². The molecular formula is C35H46ClN6O5P. The molecule has 258 valence electrons. The molecule has 1 saturated heterocycles. The number of fused-ring (bicyclic) bond motifs is 1. The van der Waals surface area contributed by atoms with Crippen molar-refractivity contribution in [1.82, 2.24) is 19.8 Å². The number of nitrogens with one attached hydrogen (secondary N) is 2. The van der Waals surface area contributed by atoms with Crippen molar-refractivity contribution in [2.45, 2.75) is 88.9 Å².